The largest absolute Gasteiger partial charge is 0.481 e. The van der Waals surface area contributed by atoms with E-state index in [4.69, 9.17) is 23.7 Å². The summed E-state index contributed by atoms with van der Waals surface area (Å²) in [6.07, 6.45) is 8.08. The van der Waals surface area contributed by atoms with Crippen molar-refractivity contribution in [3.63, 3.8) is 0 Å². The van der Waals surface area contributed by atoms with Crippen LogP contribution >= 0.6 is 0 Å². The van der Waals surface area contributed by atoms with Crippen molar-refractivity contribution in [2.24, 2.45) is 41.4 Å². The number of hydrogen-bond acceptors (Lipinski definition) is 10. The van der Waals surface area contributed by atoms with Gasteiger partial charge in [-0.2, -0.15) is 0 Å². The fourth-order valence-corrected chi connectivity index (χ4v) is 11.0. The summed E-state index contributed by atoms with van der Waals surface area (Å²) in [7, 11) is 0. The lowest BCUT2D eigenvalue weighted by atomic mass is 9.72. The molecule has 2 spiro atoms. The van der Waals surface area contributed by atoms with Gasteiger partial charge in [0, 0.05) is 36.6 Å². The number of amides is 2. The van der Waals surface area contributed by atoms with E-state index in [1.54, 1.807) is 13.0 Å². The topological polar surface area (TPSA) is 182 Å². The van der Waals surface area contributed by atoms with Crippen LogP contribution in [0.1, 0.15) is 133 Å². The molecule has 0 unspecified atom stereocenters. The third-order valence-electron chi connectivity index (χ3n) is 15.2. The van der Waals surface area contributed by atoms with E-state index in [0.717, 1.165) is 6.42 Å². The molecule has 0 aromatic heterocycles. The SMILES string of the molecule is C=CCNC(=O)N[C@H]1C=C[C@]2(O[C@H]([C@@H](CC)C(=O)[C@@H](C)[C@@H](O)[C@H](C)[C@@H]3O[C@@H]([C@@H](CC)C(=O)O)CC[C@@H]3C)[C@@H](C)C[C@H]2C)O[C@@]12CC[C@@](C)([C@H]1CC[C@](O)(CC)[C@H](C)O1)O2. The quantitative estimate of drug-likeness (QED) is 0.111. The molecule has 5 aliphatic heterocycles. The third-order valence-corrected chi connectivity index (χ3v) is 15.2. The van der Waals surface area contributed by atoms with Crippen molar-refractivity contribution in [3.8, 4) is 0 Å². The van der Waals surface area contributed by atoms with Crippen molar-refractivity contribution >= 4 is 17.8 Å². The van der Waals surface area contributed by atoms with E-state index >= 15 is 0 Å². The number of carbonyl (C=O) groups excluding carboxylic acids is 2. The highest BCUT2D eigenvalue weighted by molar-refractivity contribution is 5.84. The van der Waals surface area contributed by atoms with Gasteiger partial charge in [-0.3, -0.25) is 9.59 Å². The number of carbonyl (C=O) groups is 3. The van der Waals surface area contributed by atoms with Crippen molar-refractivity contribution in [2.45, 2.75) is 199 Å². The van der Waals surface area contributed by atoms with Gasteiger partial charge >= 0.3 is 12.0 Å². The van der Waals surface area contributed by atoms with Gasteiger partial charge in [0.05, 0.1) is 53.7 Å². The molecule has 2 amide bonds. The van der Waals surface area contributed by atoms with Crippen LogP contribution in [-0.2, 0) is 33.3 Å². The minimum atomic E-state index is -1.34. The van der Waals surface area contributed by atoms with E-state index < -0.39 is 95.0 Å². The highest BCUT2D eigenvalue weighted by atomic mass is 16.8. The molecular weight excluding hydrogens is 757 g/mol. The van der Waals surface area contributed by atoms with Crippen LogP contribution in [0.15, 0.2) is 24.8 Å². The Bertz CT molecular complexity index is 1530. The molecule has 59 heavy (non-hydrogen) atoms. The van der Waals surface area contributed by atoms with E-state index in [-0.39, 0.29) is 36.2 Å². The summed E-state index contributed by atoms with van der Waals surface area (Å²) in [5.41, 5.74) is -1.71. The Kier molecular flexibility index (Phi) is 15.3. The Morgan fingerprint density at radius 3 is 2.24 bits per heavy atom. The first-order chi connectivity index (χ1) is 27.7. The molecule has 5 rings (SSSR count). The van der Waals surface area contributed by atoms with E-state index in [1.165, 1.54) is 0 Å². The van der Waals surface area contributed by atoms with Crippen LogP contribution in [0.4, 0.5) is 4.79 Å². The third kappa shape index (κ3) is 9.51. The van der Waals surface area contributed by atoms with Gasteiger partial charge in [-0.15, -0.1) is 6.58 Å². The van der Waals surface area contributed by atoms with E-state index in [1.807, 2.05) is 53.7 Å². The normalized spacial score (nSPS) is 42.4. The molecular formula is C46H76N2O11. The summed E-state index contributed by atoms with van der Waals surface area (Å²) in [4.78, 5) is 39.7. The first-order valence-corrected chi connectivity index (χ1v) is 22.6. The molecule has 13 nitrogen and oxygen atoms in total. The number of rotatable bonds is 15. The Morgan fingerprint density at radius 2 is 1.63 bits per heavy atom. The summed E-state index contributed by atoms with van der Waals surface area (Å²) >= 11 is 0. The summed E-state index contributed by atoms with van der Waals surface area (Å²) in [6, 6.07) is -1.08. The van der Waals surface area contributed by atoms with Gasteiger partial charge in [0.1, 0.15) is 11.8 Å². The number of aliphatic hydroxyl groups is 2. The first kappa shape index (κ1) is 47.7. The van der Waals surface area contributed by atoms with Crippen molar-refractivity contribution in [1.29, 1.82) is 0 Å². The molecule has 13 heteroatoms. The van der Waals surface area contributed by atoms with Crippen molar-refractivity contribution in [2.75, 3.05) is 6.54 Å². The van der Waals surface area contributed by atoms with Crippen LogP contribution < -0.4 is 10.6 Å². The van der Waals surface area contributed by atoms with E-state index in [0.29, 0.717) is 57.8 Å². The second kappa shape index (κ2) is 18.9. The number of aliphatic hydroxyl groups excluding tert-OH is 1. The average molecular weight is 833 g/mol. The zero-order valence-corrected chi connectivity index (χ0v) is 37.4. The predicted octanol–water partition coefficient (Wildman–Crippen LogP) is 6.68. The van der Waals surface area contributed by atoms with Crippen LogP contribution in [0.5, 0.6) is 0 Å². The van der Waals surface area contributed by atoms with Crippen LogP contribution in [-0.4, -0.2) is 105 Å². The molecule has 5 aliphatic rings. The Labute approximate surface area is 352 Å². The monoisotopic (exact) mass is 833 g/mol. The smallest absolute Gasteiger partial charge is 0.315 e. The zero-order chi connectivity index (χ0) is 43.7. The number of urea groups is 1. The lowest BCUT2D eigenvalue weighted by Crippen LogP contribution is -2.66. The summed E-state index contributed by atoms with van der Waals surface area (Å²) in [5.74, 6) is -6.01. The van der Waals surface area contributed by atoms with Gasteiger partial charge in [0.2, 0.25) is 0 Å². The van der Waals surface area contributed by atoms with Gasteiger partial charge in [0.15, 0.2) is 11.6 Å². The number of ketones is 1. The molecule has 5 N–H and O–H groups in total. The van der Waals surface area contributed by atoms with Crippen molar-refractivity contribution in [1.82, 2.24) is 10.6 Å². The lowest BCUT2D eigenvalue weighted by molar-refractivity contribution is -0.397. The number of ether oxygens (including phenoxy) is 5. The molecule has 4 saturated heterocycles. The standard InChI is InChI=1S/C46H76N2O11/c1-12-24-47-42(53)48-35-18-21-45(59-46(35)23-22-43(11,58-46)36-19-20-44(54,15-4)31(10)55-36)28(7)25-27(6)40(57-45)33(14-3)38(50)29(8)37(49)30(9)39-26(5)16-17-34(56-39)32(13-2)41(51)52/h12,18,21,26-37,39-40,49,54H,1,13-17,19-20,22-25H2,2-11H3,(H,51,52)(H2,47,48,53)/t26-,27-,28+,29-,30-,31-,32+,33-,34+,35-,36+,37+,39+,40-,43-,44+,45-,46-/m0/s1. The number of hydrogen-bond donors (Lipinski definition) is 5. The Balaban J connectivity index is 1.38. The second-order valence-corrected chi connectivity index (χ2v) is 19.1. The minimum Gasteiger partial charge on any atom is -0.481 e. The number of carboxylic acids is 1. The highest BCUT2D eigenvalue weighted by Crippen LogP contribution is 2.54. The molecule has 0 bridgehead atoms. The molecule has 0 radical (unpaired) electrons. The van der Waals surface area contributed by atoms with Gasteiger partial charge < -0.3 is 49.6 Å². The number of carboxylic acid groups (broad SMARTS) is 1. The summed E-state index contributed by atoms with van der Waals surface area (Å²) < 4.78 is 34.3. The van der Waals surface area contributed by atoms with Gasteiger partial charge in [-0.05, 0) is 89.5 Å². The lowest BCUT2D eigenvalue weighted by Gasteiger charge is -2.55. The summed E-state index contributed by atoms with van der Waals surface area (Å²) in [6.45, 7) is 23.6. The molecule has 0 aromatic rings. The first-order valence-electron chi connectivity index (χ1n) is 22.6. The maximum absolute atomic E-state index is 14.6. The maximum atomic E-state index is 14.6. The van der Waals surface area contributed by atoms with E-state index in [9.17, 15) is 29.7 Å². The highest BCUT2D eigenvalue weighted by Gasteiger charge is 2.63. The molecule has 0 saturated carbocycles. The molecule has 336 valence electrons. The van der Waals surface area contributed by atoms with Gasteiger partial charge in [-0.25, -0.2) is 4.79 Å². The molecule has 4 fully saturated rings. The molecule has 0 aliphatic carbocycles. The van der Waals surface area contributed by atoms with Crippen molar-refractivity contribution in [3.05, 3.63) is 24.8 Å². The fraction of sp³-hybridized carbons (Fsp3) is 0.848. The summed E-state index contributed by atoms with van der Waals surface area (Å²) in [5, 5.41) is 38.7. The molecule has 18 atom stereocenters. The van der Waals surface area contributed by atoms with Crippen LogP contribution in [0.25, 0.3) is 0 Å². The van der Waals surface area contributed by atoms with Gasteiger partial charge in [0.25, 0.3) is 0 Å². The second-order valence-electron chi connectivity index (χ2n) is 19.1. The van der Waals surface area contributed by atoms with E-state index in [2.05, 4.69) is 38.0 Å². The zero-order valence-electron chi connectivity index (χ0n) is 37.4. The molecule has 5 heterocycles. The number of Topliss-reactive ketones (excluding diaryl/α,β-unsaturated/α-hetero) is 1. The van der Waals surface area contributed by atoms with Gasteiger partial charge in [-0.1, -0.05) is 67.5 Å². The minimum absolute atomic E-state index is 0.0200. The number of nitrogens with one attached hydrogen (secondary N) is 2. The fourth-order valence-electron chi connectivity index (χ4n) is 11.0. The van der Waals surface area contributed by atoms with Crippen LogP contribution in [0, 0.1) is 41.4 Å². The average Bonchev–Trinajstić information content (AvgIpc) is 3.54. The van der Waals surface area contributed by atoms with Crippen LogP contribution in [0.2, 0.25) is 0 Å². The Morgan fingerprint density at radius 1 is 0.932 bits per heavy atom. The maximum Gasteiger partial charge on any atom is 0.315 e. The van der Waals surface area contributed by atoms with Crippen molar-refractivity contribution < 1.29 is 53.4 Å². The van der Waals surface area contributed by atoms with Crippen LogP contribution in [0.3, 0.4) is 0 Å². The number of aliphatic carboxylic acids is 1. The molecule has 0 aromatic carbocycles. The Hall–Kier alpha value is -2.39. The predicted molar refractivity (Wildman–Crippen MR) is 223 cm³/mol.